The Morgan fingerprint density at radius 3 is 2.90 bits per heavy atom. The van der Waals surface area contributed by atoms with E-state index in [1.807, 2.05) is 11.7 Å². The molecule has 1 N–H and O–H groups in total. The minimum Gasteiger partial charge on any atom is -0.313 e. The van der Waals surface area contributed by atoms with Crippen molar-refractivity contribution in [3.05, 3.63) is 52.8 Å². The summed E-state index contributed by atoms with van der Waals surface area (Å²) in [6, 6.07) is 9.22. The molecule has 1 aromatic heterocycles. The van der Waals surface area contributed by atoms with E-state index in [4.69, 9.17) is 0 Å². The van der Waals surface area contributed by atoms with Gasteiger partial charge in [-0.3, -0.25) is 4.68 Å². The highest BCUT2D eigenvalue weighted by Gasteiger charge is 2.29. The van der Waals surface area contributed by atoms with Crippen molar-refractivity contribution >= 4 is 0 Å². The molecular formula is C17H23N3. The van der Waals surface area contributed by atoms with Crippen LogP contribution in [0.1, 0.15) is 47.7 Å². The zero-order chi connectivity index (χ0) is 14.1. The lowest BCUT2D eigenvalue weighted by Gasteiger charge is -2.33. The second-order valence-electron chi connectivity index (χ2n) is 5.74. The third kappa shape index (κ3) is 2.27. The molecule has 0 radical (unpaired) electrons. The molecule has 1 aliphatic carbocycles. The maximum atomic E-state index is 4.57. The van der Waals surface area contributed by atoms with Gasteiger partial charge in [0.2, 0.25) is 0 Å². The van der Waals surface area contributed by atoms with Gasteiger partial charge in [-0.15, -0.1) is 0 Å². The van der Waals surface area contributed by atoms with Crippen molar-refractivity contribution in [2.45, 2.75) is 38.1 Å². The summed E-state index contributed by atoms with van der Waals surface area (Å²) in [5.74, 6) is 0.688. The summed E-state index contributed by atoms with van der Waals surface area (Å²) in [6.45, 7) is 2.18. The van der Waals surface area contributed by atoms with Crippen LogP contribution in [0, 0.1) is 0 Å². The van der Waals surface area contributed by atoms with Crippen LogP contribution < -0.4 is 5.32 Å². The van der Waals surface area contributed by atoms with Gasteiger partial charge in [-0.2, -0.15) is 5.10 Å². The third-order valence-electron chi connectivity index (χ3n) is 4.48. The molecule has 2 aromatic rings. The SMILES string of the molecule is CCc1nn(C)cc1C(CC1Cc2ccccc21)NC. The Kier molecular flexibility index (Phi) is 3.62. The quantitative estimate of drug-likeness (QED) is 0.904. The van der Waals surface area contributed by atoms with E-state index in [9.17, 15) is 0 Å². The van der Waals surface area contributed by atoms with Crippen LogP contribution >= 0.6 is 0 Å². The lowest BCUT2D eigenvalue weighted by molar-refractivity contribution is 0.450. The number of fused-ring (bicyclic) bond motifs is 1. The molecule has 0 saturated carbocycles. The van der Waals surface area contributed by atoms with Gasteiger partial charge < -0.3 is 5.32 Å². The number of nitrogens with zero attached hydrogens (tertiary/aromatic N) is 2. The Morgan fingerprint density at radius 2 is 2.20 bits per heavy atom. The number of aryl methyl sites for hydroxylation is 2. The smallest absolute Gasteiger partial charge is 0.0669 e. The number of rotatable bonds is 5. The first-order valence-electron chi connectivity index (χ1n) is 7.50. The van der Waals surface area contributed by atoms with E-state index in [2.05, 4.69) is 54.8 Å². The molecule has 1 aromatic carbocycles. The monoisotopic (exact) mass is 269 g/mol. The van der Waals surface area contributed by atoms with Gasteiger partial charge in [0.05, 0.1) is 5.69 Å². The van der Waals surface area contributed by atoms with Crippen molar-refractivity contribution in [1.29, 1.82) is 0 Å². The summed E-state index contributed by atoms with van der Waals surface area (Å²) in [5.41, 5.74) is 5.64. The van der Waals surface area contributed by atoms with Crippen LogP contribution in [0.4, 0.5) is 0 Å². The van der Waals surface area contributed by atoms with Gasteiger partial charge in [-0.05, 0) is 43.4 Å². The molecule has 0 bridgehead atoms. The van der Waals surface area contributed by atoms with Crippen LogP contribution in [0.15, 0.2) is 30.5 Å². The normalized spacial score (nSPS) is 18.4. The third-order valence-corrected chi connectivity index (χ3v) is 4.48. The average molecular weight is 269 g/mol. The molecule has 3 nitrogen and oxygen atoms in total. The van der Waals surface area contributed by atoms with Crippen LogP contribution in [0.3, 0.4) is 0 Å². The second-order valence-corrected chi connectivity index (χ2v) is 5.74. The van der Waals surface area contributed by atoms with Crippen molar-refractivity contribution < 1.29 is 0 Å². The second kappa shape index (κ2) is 5.41. The first-order valence-corrected chi connectivity index (χ1v) is 7.50. The van der Waals surface area contributed by atoms with E-state index >= 15 is 0 Å². The van der Waals surface area contributed by atoms with Crippen LogP contribution in [0.2, 0.25) is 0 Å². The van der Waals surface area contributed by atoms with Crippen LogP contribution in [0.5, 0.6) is 0 Å². The molecule has 2 unspecified atom stereocenters. The predicted octanol–water partition coefficient (Wildman–Crippen LogP) is 2.97. The number of hydrogen-bond acceptors (Lipinski definition) is 2. The fourth-order valence-corrected chi connectivity index (χ4v) is 3.38. The Bertz CT molecular complexity index is 600. The highest BCUT2D eigenvalue weighted by molar-refractivity contribution is 5.40. The molecular weight excluding hydrogens is 246 g/mol. The molecule has 0 saturated heterocycles. The molecule has 0 amide bonds. The molecule has 3 rings (SSSR count). The van der Waals surface area contributed by atoms with E-state index in [1.165, 1.54) is 28.8 Å². The zero-order valence-electron chi connectivity index (χ0n) is 12.6. The maximum absolute atomic E-state index is 4.57. The molecule has 1 heterocycles. The summed E-state index contributed by atoms with van der Waals surface area (Å²) in [6.07, 6.45) is 5.54. The fraction of sp³-hybridized carbons (Fsp3) is 0.471. The van der Waals surface area contributed by atoms with Crippen molar-refractivity contribution in [3.63, 3.8) is 0 Å². The van der Waals surface area contributed by atoms with Crippen LogP contribution in [0.25, 0.3) is 0 Å². The lowest BCUT2D eigenvalue weighted by atomic mass is 9.74. The van der Waals surface area contributed by atoms with E-state index in [1.54, 1.807) is 0 Å². The Morgan fingerprint density at radius 1 is 1.40 bits per heavy atom. The van der Waals surface area contributed by atoms with E-state index in [0.717, 1.165) is 12.8 Å². The van der Waals surface area contributed by atoms with Gasteiger partial charge in [-0.25, -0.2) is 0 Å². The number of aromatic nitrogens is 2. The first kappa shape index (κ1) is 13.4. The van der Waals surface area contributed by atoms with Gasteiger partial charge in [0.25, 0.3) is 0 Å². The van der Waals surface area contributed by atoms with E-state index in [-0.39, 0.29) is 0 Å². The van der Waals surface area contributed by atoms with Gasteiger partial charge in [0.1, 0.15) is 0 Å². The largest absolute Gasteiger partial charge is 0.313 e. The highest BCUT2D eigenvalue weighted by Crippen LogP contribution is 2.40. The van der Waals surface area contributed by atoms with Crippen molar-refractivity contribution in [2.24, 2.45) is 7.05 Å². The minimum atomic E-state index is 0.400. The summed E-state index contributed by atoms with van der Waals surface area (Å²) in [5, 5.41) is 8.05. The van der Waals surface area contributed by atoms with Gasteiger partial charge >= 0.3 is 0 Å². The van der Waals surface area contributed by atoms with Crippen LogP contribution in [-0.2, 0) is 19.9 Å². The molecule has 106 valence electrons. The molecule has 0 fully saturated rings. The predicted molar refractivity (Wildman–Crippen MR) is 81.9 cm³/mol. The molecule has 3 heteroatoms. The van der Waals surface area contributed by atoms with E-state index in [0.29, 0.717) is 12.0 Å². The molecule has 0 aliphatic heterocycles. The minimum absolute atomic E-state index is 0.400. The van der Waals surface area contributed by atoms with E-state index < -0.39 is 0 Å². The Hall–Kier alpha value is -1.61. The topological polar surface area (TPSA) is 29.9 Å². The van der Waals surface area contributed by atoms with Gasteiger partial charge in [0, 0.05) is 24.8 Å². The molecule has 0 spiro atoms. The summed E-state index contributed by atoms with van der Waals surface area (Å²) in [7, 11) is 4.07. The van der Waals surface area contributed by atoms with Crippen molar-refractivity contribution in [3.8, 4) is 0 Å². The lowest BCUT2D eigenvalue weighted by Crippen LogP contribution is -2.25. The Labute approximate surface area is 121 Å². The zero-order valence-corrected chi connectivity index (χ0v) is 12.6. The standard InChI is InChI=1S/C17H23N3/c1-4-16-15(11-20(3)19-16)17(18-2)10-13-9-12-7-5-6-8-14(12)13/h5-8,11,13,17-18H,4,9-10H2,1-3H3. The molecule has 20 heavy (non-hydrogen) atoms. The number of benzene rings is 1. The summed E-state index contributed by atoms with van der Waals surface area (Å²) in [4.78, 5) is 0. The number of nitrogens with one attached hydrogen (secondary N) is 1. The highest BCUT2D eigenvalue weighted by atomic mass is 15.3. The Balaban J connectivity index is 1.79. The maximum Gasteiger partial charge on any atom is 0.0669 e. The molecule has 2 atom stereocenters. The van der Waals surface area contributed by atoms with Crippen molar-refractivity contribution in [2.75, 3.05) is 7.05 Å². The summed E-state index contributed by atoms with van der Waals surface area (Å²) >= 11 is 0. The van der Waals surface area contributed by atoms with Crippen molar-refractivity contribution in [1.82, 2.24) is 15.1 Å². The molecule has 1 aliphatic rings. The van der Waals surface area contributed by atoms with Gasteiger partial charge in [-0.1, -0.05) is 31.2 Å². The van der Waals surface area contributed by atoms with Crippen LogP contribution in [-0.4, -0.2) is 16.8 Å². The average Bonchev–Trinajstić information content (AvgIpc) is 2.81. The fourth-order valence-electron chi connectivity index (χ4n) is 3.38. The summed E-state index contributed by atoms with van der Waals surface area (Å²) < 4.78 is 1.94. The number of hydrogen-bond donors (Lipinski definition) is 1. The van der Waals surface area contributed by atoms with Gasteiger partial charge in [0.15, 0.2) is 0 Å². The first-order chi connectivity index (χ1) is 9.72.